The van der Waals surface area contributed by atoms with Gasteiger partial charge >= 0.3 is 0 Å². The average molecular weight is 412 g/mol. The Kier molecular flexibility index (Phi) is 3.59. The molecule has 1 aromatic carbocycles. The van der Waals surface area contributed by atoms with Crippen LogP contribution in [0.1, 0.15) is 50.7 Å². The minimum Gasteiger partial charge on any atom is -0.504 e. The highest BCUT2D eigenvalue weighted by Crippen LogP contribution is 2.75. The summed E-state index contributed by atoms with van der Waals surface area (Å²) in [5.74, 6) is 0.823. The molecule has 6 aliphatic rings. The molecule has 7 rings (SSSR count). The van der Waals surface area contributed by atoms with Crippen molar-refractivity contribution in [3.8, 4) is 11.5 Å². The van der Waals surface area contributed by atoms with Crippen LogP contribution in [-0.4, -0.2) is 59.2 Å². The Labute approximate surface area is 178 Å². The van der Waals surface area contributed by atoms with Gasteiger partial charge in [0.25, 0.3) is 0 Å². The smallest absolute Gasteiger partial charge is 0.165 e. The third kappa shape index (κ3) is 1.80. The van der Waals surface area contributed by atoms with Gasteiger partial charge in [0, 0.05) is 30.0 Å². The van der Waals surface area contributed by atoms with Gasteiger partial charge in [0.15, 0.2) is 11.5 Å². The first-order valence-corrected chi connectivity index (χ1v) is 11.5. The Morgan fingerprint density at radius 2 is 2.13 bits per heavy atom. The van der Waals surface area contributed by atoms with E-state index in [2.05, 4.69) is 37.1 Å². The van der Waals surface area contributed by atoms with Crippen LogP contribution in [0.4, 0.5) is 0 Å². The highest BCUT2D eigenvalue weighted by molar-refractivity contribution is 5.65. The lowest BCUT2D eigenvalue weighted by atomic mass is 9.36. The fourth-order valence-corrected chi connectivity index (χ4v) is 8.44. The van der Waals surface area contributed by atoms with Gasteiger partial charge in [-0.15, -0.1) is 0 Å². The second kappa shape index (κ2) is 5.62. The second-order valence-electron chi connectivity index (χ2n) is 10.7. The minimum absolute atomic E-state index is 0.0647. The molecule has 2 fully saturated rings. The van der Waals surface area contributed by atoms with E-state index in [9.17, 15) is 10.2 Å². The van der Waals surface area contributed by atoms with Crippen molar-refractivity contribution in [1.29, 1.82) is 0 Å². The topological polar surface area (TPSA) is 62.2 Å². The monoisotopic (exact) mass is 411 g/mol. The Hall–Kier alpha value is -1.56. The van der Waals surface area contributed by atoms with Crippen molar-refractivity contribution in [3.63, 3.8) is 0 Å². The van der Waals surface area contributed by atoms with Crippen LogP contribution in [0.15, 0.2) is 24.3 Å². The first-order chi connectivity index (χ1) is 14.3. The maximum Gasteiger partial charge on any atom is 0.165 e. The Morgan fingerprint density at radius 3 is 2.87 bits per heavy atom. The van der Waals surface area contributed by atoms with Crippen LogP contribution in [0.5, 0.6) is 11.5 Å². The van der Waals surface area contributed by atoms with Crippen LogP contribution in [-0.2, 0) is 16.6 Å². The molecule has 1 aromatic rings. The van der Waals surface area contributed by atoms with E-state index in [0.717, 1.165) is 38.6 Å². The molecule has 2 N–H and O–H groups in total. The molecule has 2 spiro atoms. The van der Waals surface area contributed by atoms with E-state index in [-0.39, 0.29) is 28.6 Å². The summed E-state index contributed by atoms with van der Waals surface area (Å²) >= 11 is 0. The number of aromatic hydroxyl groups is 1. The number of piperidine rings is 1. The van der Waals surface area contributed by atoms with Gasteiger partial charge in [0.2, 0.25) is 0 Å². The van der Waals surface area contributed by atoms with Crippen molar-refractivity contribution in [2.45, 2.75) is 74.7 Å². The van der Waals surface area contributed by atoms with Gasteiger partial charge in [0.1, 0.15) is 11.7 Å². The average Bonchev–Trinajstić information content (AvgIpc) is 3.09. The van der Waals surface area contributed by atoms with Gasteiger partial charge < -0.3 is 24.6 Å². The Bertz CT molecular complexity index is 957. The number of likely N-dealkylation sites (tertiary alicyclic amines) is 1. The van der Waals surface area contributed by atoms with Crippen LogP contribution in [0.25, 0.3) is 0 Å². The summed E-state index contributed by atoms with van der Waals surface area (Å²) in [5, 5.41) is 22.4. The highest BCUT2D eigenvalue weighted by Gasteiger charge is 2.80. The number of ether oxygens (including phenoxy) is 2. The quantitative estimate of drug-likeness (QED) is 0.746. The van der Waals surface area contributed by atoms with E-state index in [1.165, 1.54) is 11.1 Å². The van der Waals surface area contributed by atoms with Crippen molar-refractivity contribution in [1.82, 2.24) is 4.90 Å². The molecule has 0 amide bonds. The fourth-order valence-electron chi connectivity index (χ4n) is 8.44. The lowest BCUT2D eigenvalue weighted by molar-refractivity contribution is -0.247. The Balaban J connectivity index is 1.66. The zero-order valence-corrected chi connectivity index (χ0v) is 18.4. The predicted molar refractivity (Wildman–Crippen MR) is 114 cm³/mol. The third-order valence-corrected chi connectivity index (χ3v) is 9.58. The van der Waals surface area contributed by atoms with Crippen LogP contribution in [0.2, 0.25) is 0 Å². The zero-order valence-electron chi connectivity index (χ0n) is 18.4. The number of phenols is 1. The van der Waals surface area contributed by atoms with E-state index >= 15 is 0 Å². The molecule has 4 bridgehead atoms. The minimum atomic E-state index is -0.850. The van der Waals surface area contributed by atoms with Crippen molar-refractivity contribution < 1.29 is 19.7 Å². The summed E-state index contributed by atoms with van der Waals surface area (Å²) in [6.07, 6.45) is 8.86. The fraction of sp³-hybridized carbons (Fsp3) is 0.680. The van der Waals surface area contributed by atoms with E-state index in [4.69, 9.17) is 9.47 Å². The molecule has 1 saturated carbocycles. The molecule has 2 aliphatic heterocycles. The number of aliphatic hydroxyl groups is 1. The van der Waals surface area contributed by atoms with Crippen molar-refractivity contribution in [2.24, 2.45) is 11.3 Å². The largest absolute Gasteiger partial charge is 0.504 e. The SMILES string of the molecule is CCC[C@](C)(O)[C@H]1C[C@@]23C=C[C@]1(OC)[C@@H]1Oc4c(O)ccc5c4[C@@]12CCN(C)[C@H]3C5. The summed E-state index contributed by atoms with van der Waals surface area (Å²) < 4.78 is 13.1. The first kappa shape index (κ1) is 19.1. The summed E-state index contributed by atoms with van der Waals surface area (Å²) in [7, 11) is 4.00. The molecule has 0 unspecified atom stereocenters. The summed E-state index contributed by atoms with van der Waals surface area (Å²) in [6, 6.07) is 4.23. The van der Waals surface area contributed by atoms with Crippen LogP contribution in [0.3, 0.4) is 0 Å². The number of benzene rings is 1. The van der Waals surface area contributed by atoms with E-state index in [0.29, 0.717) is 11.8 Å². The summed E-state index contributed by atoms with van der Waals surface area (Å²) in [5.41, 5.74) is 0.625. The number of rotatable bonds is 4. The number of fused-ring (bicyclic) bond motifs is 1. The van der Waals surface area contributed by atoms with Gasteiger partial charge in [-0.05, 0) is 57.8 Å². The normalized spacial score (nSPS) is 44.5. The van der Waals surface area contributed by atoms with Crippen LogP contribution < -0.4 is 4.74 Å². The van der Waals surface area contributed by atoms with Crippen molar-refractivity contribution in [2.75, 3.05) is 20.7 Å². The first-order valence-electron chi connectivity index (χ1n) is 11.5. The van der Waals surface area contributed by atoms with Gasteiger partial charge in [-0.3, -0.25) is 0 Å². The van der Waals surface area contributed by atoms with E-state index < -0.39 is 11.2 Å². The second-order valence-corrected chi connectivity index (χ2v) is 10.7. The number of nitrogens with zero attached hydrogens (tertiary/aromatic N) is 1. The molecule has 162 valence electrons. The molecule has 4 aliphatic carbocycles. The van der Waals surface area contributed by atoms with Crippen molar-refractivity contribution >= 4 is 0 Å². The molecule has 5 heteroatoms. The van der Waals surface area contributed by atoms with Gasteiger partial charge in [-0.1, -0.05) is 31.6 Å². The maximum atomic E-state index is 11.7. The molecule has 30 heavy (non-hydrogen) atoms. The lowest BCUT2D eigenvalue weighted by Crippen LogP contribution is -2.80. The number of phenolic OH excluding ortho intramolecular Hbond substituents is 1. The third-order valence-electron chi connectivity index (χ3n) is 9.58. The predicted octanol–water partition coefficient (Wildman–Crippen LogP) is 3.16. The molecular weight excluding hydrogens is 378 g/mol. The molecule has 2 heterocycles. The van der Waals surface area contributed by atoms with E-state index in [1.807, 2.05) is 6.92 Å². The zero-order chi connectivity index (χ0) is 21.1. The highest BCUT2D eigenvalue weighted by atomic mass is 16.6. The van der Waals surface area contributed by atoms with Crippen LogP contribution in [0, 0.1) is 11.3 Å². The van der Waals surface area contributed by atoms with Gasteiger partial charge in [-0.25, -0.2) is 0 Å². The van der Waals surface area contributed by atoms with Gasteiger partial charge in [-0.2, -0.15) is 0 Å². The standard InChI is InChI=1S/C25H33NO4/c1-5-8-22(2,28)17-14-23-9-10-25(17,29-4)21-24(23)11-12-26(3)18(23)13-15-6-7-16(27)20(30-21)19(15)24/h6-7,9-10,17-18,21,27-28H,5,8,11-14H2,1-4H3/t17-,18+,21-,22+,23-,24+,25-/m1/s1. The number of methoxy groups -OCH3 is 1. The summed E-state index contributed by atoms with van der Waals surface area (Å²) in [4.78, 5) is 2.51. The van der Waals surface area contributed by atoms with Crippen LogP contribution >= 0.6 is 0 Å². The van der Waals surface area contributed by atoms with Crippen molar-refractivity contribution in [3.05, 3.63) is 35.4 Å². The van der Waals surface area contributed by atoms with Gasteiger partial charge in [0.05, 0.1) is 11.0 Å². The maximum absolute atomic E-state index is 11.7. The molecule has 7 atom stereocenters. The number of hydrogen-bond donors (Lipinski definition) is 2. The summed E-state index contributed by atoms with van der Waals surface area (Å²) in [6.45, 7) is 5.11. The molecule has 1 saturated heterocycles. The van der Waals surface area contributed by atoms with E-state index in [1.54, 1.807) is 13.2 Å². The Morgan fingerprint density at radius 1 is 1.33 bits per heavy atom. The molecule has 0 aromatic heterocycles. The number of likely N-dealkylation sites (N-methyl/N-ethyl adjacent to an activating group) is 1. The number of hydrogen-bond acceptors (Lipinski definition) is 5. The lowest BCUT2D eigenvalue weighted by Gasteiger charge is -2.72. The molecule has 0 radical (unpaired) electrons. The molecular formula is C25H33NO4. The molecule has 5 nitrogen and oxygen atoms in total.